The molecule has 1 aromatic rings. The fourth-order valence-corrected chi connectivity index (χ4v) is 0.313. The Morgan fingerprint density at radius 2 is 0.833 bits per heavy atom. The van der Waals surface area contributed by atoms with Crippen LogP contribution in [0.2, 0.25) is 0 Å². The van der Waals surface area contributed by atoms with Crippen LogP contribution in [0.15, 0.2) is 30.6 Å². The minimum atomic E-state index is 0. The van der Waals surface area contributed by atoms with Crippen LogP contribution in [0, 0.1) is 0 Å². The molecule has 0 radical (unpaired) electrons. The van der Waals surface area contributed by atoms with Crippen molar-refractivity contribution in [1.82, 2.24) is 4.98 Å². The van der Waals surface area contributed by atoms with Crippen LogP contribution in [0.1, 0.15) is 0 Å². The molecule has 0 atom stereocenters. The maximum atomic E-state index is 3.78. The molecule has 0 aliphatic carbocycles. The van der Waals surface area contributed by atoms with Crippen molar-refractivity contribution < 1.29 is 28.2 Å². The van der Waals surface area contributed by atoms with Crippen LogP contribution in [-0.4, -0.2) is 4.98 Å². The van der Waals surface area contributed by atoms with Gasteiger partial charge in [-0.3, -0.25) is 33.2 Å². The minimum Gasteiger partial charge on any atom is -0.269 e. The number of hydrogen-bond acceptors (Lipinski definition) is 1. The van der Waals surface area contributed by atoms with Crippen molar-refractivity contribution in [2.24, 2.45) is 0 Å². The van der Waals surface area contributed by atoms with E-state index < -0.39 is 0 Å². The Balaban J connectivity index is -0.0000000150. The highest BCUT2D eigenvalue weighted by molar-refractivity contribution is 4.88. The Labute approximate surface area is 65.0 Å². The Morgan fingerprint density at radius 3 is 0.917 bits per heavy atom. The molecule has 0 bridgehead atoms. The van der Waals surface area contributed by atoms with Gasteiger partial charge in [0.15, 0.2) is 0 Å². The van der Waals surface area contributed by atoms with Gasteiger partial charge >= 0.3 is 0 Å². The van der Waals surface area contributed by atoms with E-state index in [0.29, 0.717) is 0 Å². The third-order valence-electron chi connectivity index (χ3n) is 0.566. The van der Waals surface area contributed by atoms with Crippen molar-refractivity contribution in [2.45, 2.75) is 0 Å². The van der Waals surface area contributed by atoms with E-state index in [2.05, 4.69) is 4.98 Å². The first-order chi connectivity index (χ1) is 3.00. The third-order valence-corrected chi connectivity index (χ3v) is 0.566. The predicted octanol–water partition coefficient (Wildman–Crippen LogP) is 2.00. The summed E-state index contributed by atoms with van der Waals surface area (Å²) in [7, 11) is 0. The van der Waals surface area contributed by atoms with Gasteiger partial charge in [-0.1, -0.05) is 6.07 Å². The molecule has 1 rings (SSSR count). The molecule has 12 heavy (non-hydrogen) atoms. The van der Waals surface area contributed by atoms with Gasteiger partial charge in [-0.05, 0) is 12.1 Å². The van der Waals surface area contributed by atoms with E-state index in [4.69, 9.17) is 0 Å². The number of rotatable bonds is 0. The van der Waals surface area contributed by atoms with Gasteiger partial charge in [-0.2, -0.15) is 0 Å². The quantitative estimate of drug-likeness (QED) is 0.582. The molecule has 0 saturated heterocycles. The Kier molecular flexibility index (Phi) is 125. The van der Waals surface area contributed by atoms with Gasteiger partial charge in [0.05, 0.1) is 0 Å². The average molecular weight is 199 g/mol. The van der Waals surface area contributed by atoms with E-state index in [1.54, 1.807) is 12.4 Å². The van der Waals surface area contributed by atoms with Gasteiger partial charge in [-0.25, -0.2) is 0 Å². The molecule has 0 aliphatic rings. The zero-order chi connectivity index (χ0) is 4.24. The van der Waals surface area contributed by atoms with Crippen LogP contribution in [-0.2, 0) is 0 Å². The minimum absolute atomic E-state index is 0. The number of halogens is 6. The summed E-state index contributed by atoms with van der Waals surface area (Å²) in [6, 6.07) is 5.72. The molecule has 0 amide bonds. The maximum Gasteiger partial charge on any atom is 0.0267 e. The fourth-order valence-electron chi connectivity index (χ4n) is 0.313. The zero-order valence-corrected chi connectivity index (χ0v) is 5.78. The smallest absolute Gasteiger partial charge is 0.0267 e. The SMILES string of the molecule is F.F.F.F.F.F.c1ccncc1. The van der Waals surface area contributed by atoms with Gasteiger partial charge in [0.1, 0.15) is 0 Å². The van der Waals surface area contributed by atoms with Crippen molar-refractivity contribution >= 4 is 0 Å². The van der Waals surface area contributed by atoms with Crippen molar-refractivity contribution in [3.8, 4) is 0 Å². The van der Waals surface area contributed by atoms with E-state index in [9.17, 15) is 0 Å². The van der Waals surface area contributed by atoms with Crippen molar-refractivity contribution in [3.05, 3.63) is 30.6 Å². The zero-order valence-electron chi connectivity index (χ0n) is 5.78. The Morgan fingerprint density at radius 1 is 0.500 bits per heavy atom. The second-order valence-corrected chi connectivity index (χ2v) is 1.02. The molecule has 0 spiro atoms. The van der Waals surface area contributed by atoms with Crippen LogP contribution in [0.4, 0.5) is 28.2 Å². The number of hydrogen-bond donors (Lipinski definition) is 0. The summed E-state index contributed by atoms with van der Waals surface area (Å²) in [4.78, 5) is 3.78. The normalized spacial score (nSPS) is 4.00. The molecule has 0 saturated carbocycles. The van der Waals surface area contributed by atoms with Gasteiger partial charge in [0, 0.05) is 12.4 Å². The molecule has 0 fully saturated rings. The Hall–Kier alpha value is -1.27. The molecule has 0 N–H and O–H groups in total. The highest BCUT2D eigenvalue weighted by Gasteiger charge is 1.58. The largest absolute Gasteiger partial charge is 0.269 e. The summed E-state index contributed by atoms with van der Waals surface area (Å²) in [5, 5.41) is 0. The van der Waals surface area contributed by atoms with Crippen molar-refractivity contribution in [2.75, 3.05) is 0 Å². The fraction of sp³-hybridized carbons (Fsp3) is 0. The molecule has 0 aliphatic heterocycles. The van der Waals surface area contributed by atoms with Crippen LogP contribution in [0.25, 0.3) is 0 Å². The molecular formula is C5H11F6N. The van der Waals surface area contributed by atoms with Gasteiger partial charge in [-0.15, -0.1) is 0 Å². The van der Waals surface area contributed by atoms with Crippen molar-refractivity contribution in [1.29, 1.82) is 0 Å². The summed E-state index contributed by atoms with van der Waals surface area (Å²) in [6.07, 6.45) is 3.50. The molecule has 1 aromatic heterocycles. The lowest BCUT2D eigenvalue weighted by Gasteiger charge is -1.70. The van der Waals surface area contributed by atoms with Crippen LogP contribution in [0.3, 0.4) is 0 Å². The molecular weight excluding hydrogens is 188 g/mol. The van der Waals surface area contributed by atoms with E-state index in [1.165, 1.54) is 0 Å². The number of pyridine rings is 1. The van der Waals surface area contributed by atoms with Crippen LogP contribution in [0.5, 0.6) is 0 Å². The molecule has 0 aromatic carbocycles. The molecule has 7 heteroatoms. The second-order valence-electron chi connectivity index (χ2n) is 1.02. The summed E-state index contributed by atoms with van der Waals surface area (Å²) < 4.78 is 0. The number of nitrogens with zero attached hydrogens (tertiary/aromatic N) is 1. The molecule has 0 unspecified atom stereocenters. The van der Waals surface area contributed by atoms with Gasteiger partial charge in [0.2, 0.25) is 0 Å². The maximum absolute atomic E-state index is 3.78. The lowest BCUT2D eigenvalue weighted by Crippen LogP contribution is -1.58. The van der Waals surface area contributed by atoms with Crippen LogP contribution >= 0.6 is 0 Å². The average Bonchev–Trinajstić information content (AvgIpc) is 1.72. The first kappa shape index (κ1) is 45.4. The second kappa shape index (κ2) is 33.1. The third kappa shape index (κ3) is 23.3. The molecule has 78 valence electrons. The highest BCUT2D eigenvalue weighted by atomic mass is 19.0. The van der Waals surface area contributed by atoms with Gasteiger partial charge < -0.3 is 0 Å². The summed E-state index contributed by atoms with van der Waals surface area (Å²) in [5.74, 6) is 0. The summed E-state index contributed by atoms with van der Waals surface area (Å²) in [5.41, 5.74) is 0. The molecule has 1 nitrogen and oxygen atoms in total. The van der Waals surface area contributed by atoms with E-state index >= 15 is 0 Å². The number of aromatic nitrogens is 1. The topological polar surface area (TPSA) is 12.9 Å². The highest BCUT2D eigenvalue weighted by Crippen LogP contribution is 1.73. The van der Waals surface area contributed by atoms with Gasteiger partial charge in [0.25, 0.3) is 0 Å². The summed E-state index contributed by atoms with van der Waals surface area (Å²) >= 11 is 0. The first-order valence-corrected chi connectivity index (χ1v) is 1.85. The standard InChI is InChI=1S/C5H5N.6FH/c1-2-4-6-5-3-1;;;;;;/h1-5H;6*1H. The van der Waals surface area contributed by atoms with E-state index in [1.807, 2.05) is 18.2 Å². The lowest BCUT2D eigenvalue weighted by molar-refractivity contribution is 1.11. The molecule has 1 heterocycles. The summed E-state index contributed by atoms with van der Waals surface area (Å²) in [6.45, 7) is 0. The predicted molar refractivity (Wildman–Crippen MR) is 39.3 cm³/mol. The Bertz CT molecular complexity index is 87.9. The van der Waals surface area contributed by atoms with Crippen LogP contribution < -0.4 is 0 Å². The lowest BCUT2D eigenvalue weighted by atomic mass is 10.5. The monoisotopic (exact) mass is 199 g/mol. The van der Waals surface area contributed by atoms with Crippen molar-refractivity contribution in [3.63, 3.8) is 0 Å². The van der Waals surface area contributed by atoms with E-state index in [-0.39, 0.29) is 28.2 Å². The van der Waals surface area contributed by atoms with E-state index in [0.717, 1.165) is 0 Å². The first-order valence-electron chi connectivity index (χ1n) is 1.85.